The van der Waals surface area contributed by atoms with Crippen LogP contribution in [-0.2, 0) is 4.79 Å². The van der Waals surface area contributed by atoms with Crippen LogP contribution in [0, 0.1) is 15.9 Å². The number of halogens is 1. The van der Waals surface area contributed by atoms with Crippen LogP contribution in [0.25, 0.3) is 10.9 Å². The number of aliphatic hydroxyl groups is 1. The lowest BCUT2D eigenvalue weighted by atomic mass is 10.1. The lowest BCUT2D eigenvalue weighted by Gasteiger charge is -2.20. The van der Waals surface area contributed by atoms with E-state index in [2.05, 4.69) is 5.32 Å². The van der Waals surface area contributed by atoms with E-state index in [1.54, 1.807) is 0 Å². The number of nitrogens with one attached hydrogen (secondary N) is 1. The zero-order valence-electron chi connectivity index (χ0n) is 15.0. The summed E-state index contributed by atoms with van der Waals surface area (Å²) in [5.74, 6) is -4.45. The molecule has 1 aliphatic carbocycles. The number of aromatic nitrogens is 1. The number of aliphatic carboxylic acids is 1. The molecule has 0 radical (unpaired) electrons. The summed E-state index contributed by atoms with van der Waals surface area (Å²) in [7, 11) is 0. The first kappa shape index (κ1) is 20.2. The molecule has 0 bridgehead atoms. The van der Waals surface area contributed by atoms with Crippen molar-refractivity contribution in [2.45, 2.75) is 38.0 Å². The van der Waals surface area contributed by atoms with Gasteiger partial charge in [0, 0.05) is 12.2 Å². The first-order valence-electron chi connectivity index (χ1n) is 8.51. The summed E-state index contributed by atoms with van der Waals surface area (Å²) in [5.41, 5.74) is -3.79. The Kier molecular flexibility index (Phi) is 4.96. The first-order valence-corrected chi connectivity index (χ1v) is 8.51. The second kappa shape index (κ2) is 7.13. The number of carbonyl (C=O) groups is 2. The van der Waals surface area contributed by atoms with Gasteiger partial charge in [0.05, 0.1) is 16.4 Å². The van der Waals surface area contributed by atoms with Crippen LogP contribution in [0.1, 0.15) is 36.2 Å². The number of carboxylic acids is 2. The molecular formula is C17H16FN3O8. The van der Waals surface area contributed by atoms with Crippen molar-refractivity contribution < 1.29 is 34.2 Å². The van der Waals surface area contributed by atoms with Gasteiger partial charge in [-0.3, -0.25) is 14.9 Å². The number of hydrogen-bond acceptors (Lipinski definition) is 7. The van der Waals surface area contributed by atoms with Crippen LogP contribution in [0.2, 0.25) is 0 Å². The third kappa shape index (κ3) is 3.49. The van der Waals surface area contributed by atoms with E-state index in [1.165, 1.54) is 4.57 Å². The molecule has 1 saturated carbocycles. The van der Waals surface area contributed by atoms with Gasteiger partial charge in [-0.05, 0) is 25.8 Å². The highest BCUT2D eigenvalue weighted by molar-refractivity contribution is 5.99. The second-order valence-corrected chi connectivity index (χ2v) is 6.75. The smallest absolute Gasteiger partial charge is 0.341 e. The van der Waals surface area contributed by atoms with E-state index < -0.39 is 62.6 Å². The van der Waals surface area contributed by atoms with Crippen molar-refractivity contribution >= 4 is 34.2 Å². The average molecular weight is 409 g/mol. The largest absolute Gasteiger partial charge is 0.480 e. The van der Waals surface area contributed by atoms with Gasteiger partial charge in [0.2, 0.25) is 5.43 Å². The Morgan fingerprint density at radius 2 is 2.00 bits per heavy atom. The number of aliphatic hydroxyl groups excluding tert-OH is 1. The van der Waals surface area contributed by atoms with Crippen molar-refractivity contribution in [3.8, 4) is 0 Å². The summed E-state index contributed by atoms with van der Waals surface area (Å²) in [6.07, 6.45) is 0.588. The van der Waals surface area contributed by atoms with Crippen molar-refractivity contribution in [3.05, 3.63) is 44.0 Å². The van der Waals surface area contributed by atoms with E-state index in [0.29, 0.717) is 18.9 Å². The fraction of sp³-hybridized carbons (Fsp3) is 0.353. The molecule has 3 rings (SSSR count). The number of aromatic carboxylic acids is 1. The second-order valence-electron chi connectivity index (χ2n) is 6.75. The summed E-state index contributed by atoms with van der Waals surface area (Å²) in [4.78, 5) is 46.0. The molecule has 2 aromatic rings. The number of fused-ring (bicyclic) bond motifs is 1. The summed E-state index contributed by atoms with van der Waals surface area (Å²) < 4.78 is 16.0. The number of nitrogens with zero attached hydrogens (tertiary/aromatic N) is 2. The topological polar surface area (TPSA) is 172 Å². The maximum Gasteiger partial charge on any atom is 0.341 e. The number of hydrogen-bond donors (Lipinski definition) is 4. The van der Waals surface area contributed by atoms with Gasteiger partial charge in [-0.2, -0.15) is 0 Å². The SMILES string of the molecule is C[C@H](O)C(Nc1c(F)cc2c(=O)c(C(=O)O)cn(C3CC3)c2c1[N+](=O)[O-])C(=O)O. The number of benzene rings is 1. The van der Waals surface area contributed by atoms with Gasteiger partial charge in [-0.1, -0.05) is 0 Å². The van der Waals surface area contributed by atoms with Crippen molar-refractivity contribution in [1.82, 2.24) is 4.57 Å². The minimum atomic E-state index is -1.76. The van der Waals surface area contributed by atoms with E-state index in [-0.39, 0.29) is 11.6 Å². The number of rotatable bonds is 7. The molecule has 0 spiro atoms. The van der Waals surface area contributed by atoms with E-state index >= 15 is 0 Å². The van der Waals surface area contributed by atoms with Crippen molar-refractivity contribution in [2.75, 3.05) is 5.32 Å². The van der Waals surface area contributed by atoms with E-state index in [4.69, 9.17) is 0 Å². The number of nitro groups is 1. The molecule has 11 nitrogen and oxygen atoms in total. The van der Waals surface area contributed by atoms with E-state index in [0.717, 1.165) is 13.1 Å². The Labute approximate surface area is 161 Å². The van der Waals surface area contributed by atoms with Gasteiger partial charge >= 0.3 is 17.6 Å². The minimum Gasteiger partial charge on any atom is -0.480 e. The molecule has 1 heterocycles. The molecule has 0 aliphatic heterocycles. The lowest BCUT2D eigenvalue weighted by molar-refractivity contribution is -0.382. The molecule has 1 aromatic heterocycles. The average Bonchev–Trinajstić information content (AvgIpc) is 3.44. The van der Waals surface area contributed by atoms with Gasteiger partial charge in [-0.15, -0.1) is 0 Å². The predicted molar refractivity (Wildman–Crippen MR) is 96.8 cm³/mol. The van der Waals surface area contributed by atoms with Crippen LogP contribution < -0.4 is 10.7 Å². The highest BCUT2D eigenvalue weighted by Crippen LogP contribution is 2.42. The highest BCUT2D eigenvalue weighted by Gasteiger charge is 2.35. The maximum absolute atomic E-state index is 14.8. The minimum absolute atomic E-state index is 0.314. The summed E-state index contributed by atoms with van der Waals surface area (Å²) >= 11 is 0. The monoisotopic (exact) mass is 409 g/mol. The van der Waals surface area contributed by atoms with Crippen LogP contribution in [0.3, 0.4) is 0 Å². The van der Waals surface area contributed by atoms with Gasteiger partial charge in [0.15, 0.2) is 17.5 Å². The van der Waals surface area contributed by atoms with Crippen molar-refractivity contribution in [3.63, 3.8) is 0 Å². The zero-order chi connectivity index (χ0) is 21.6. The molecule has 154 valence electrons. The Morgan fingerprint density at radius 3 is 2.45 bits per heavy atom. The third-order valence-corrected chi connectivity index (χ3v) is 4.64. The third-order valence-electron chi connectivity index (χ3n) is 4.64. The maximum atomic E-state index is 14.8. The molecule has 1 fully saturated rings. The van der Waals surface area contributed by atoms with Gasteiger partial charge in [0.1, 0.15) is 11.1 Å². The molecule has 1 unspecified atom stereocenters. The number of pyridine rings is 1. The highest BCUT2D eigenvalue weighted by atomic mass is 19.1. The lowest BCUT2D eigenvalue weighted by Crippen LogP contribution is -2.39. The van der Waals surface area contributed by atoms with Crippen LogP contribution in [0.4, 0.5) is 15.8 Å². The quantitative estimate of drug-likeness (QED) is 0.389. The molecule has 1 aromatic carbocycles. The Morgan fingerprint density at radius 1 is 1.38 bits per heavy atom. The molecule has 2 atom stereocenters. The van der Waals surface area contributed by atoms with Crippen molar-refractivity contribution in [2.24, 2.45) is 0 Å². The summed E-state index contributed by atoms with van der Waals surface area (Å²) in [6.45, 7) is 1.11. The van der Waals surface area contributed by atoms with Gasteiger partial charge < -0.3 is 25.2 Å². The number of anilines is 1. The van der Waals surface area contributed by atoms with Gasteiger partial charge in [-0.25, -0.2) is 14.0 Å². The summed E-state index contributed by atoms with van der Waals surface area (Å²) in [5, 5.41) is 41.5. The standard InChI is InChI=1S/C17H16FN3O8/c1-6(22)11(17(26)27)19-12-10(18)4-8-13(14(12)21(28)29)20(7-2-3-7)5-9(15(8)23)16(24)25/h4-7,11,19,22H,2-3H2,1H3,(H,24,25)(H,26,27)/t6-,11?/m0/s1. The number of carboxylic acid groups (broad SMARTS) is 2. The fourth-order valence-corrected chi connectivity index (χ4v) is 3.12. The molecule has 0 amide bonds. The first-order chi connectivity index (χ1) is 13.5. The Hall–Kier alpha value is -3.54. The molecule has 0 saturated heterocycles. The molecular weight excluding hydrogens is 393 g/mol. The molecule has 29 heavy (non-hydrogen) atoms. The van der Waals surface area contributed by atoms with E-state index in [1.807, 2.05) is 0 Å². The van der Waals surface area contributed by atoms with Crippen LogP contribution in [-0.4, -0.2) is 48.9 Å². The molecule has 12 heteroatoms. The number of nitro benzene ring substituents is 1. The molecule has 1 aliphatic rings. The van der Waals surface area contributed by atoms with Crippen LogP contribution >= 0.6 is 0 Å². The Balaban J connectivity index is 2.41. The van der Waals surface area contributed by atoms with Gasteiger partial charge in [0.25, 0.3) is 0 Å². The normalized spacial score (nSPS) is 15.7. The predicted octanol–water partition coefficient (Wildman–Crippen LogP) is 1.33. The zero-order valence-corrected chi connectivity index (χ0v) is 15.0. The molecule has 4 N–H and O–H groups in total. The van der Waals surface area contributed by atoms with E-state index in [9.17, 15) is 44.2 Å². The summed E-state index contributed by atoms with van der Waals surface area (Å²) in [6, 6.07) is -1.44. The fourth-order valence-electron chi connectivity index (χ4n) is 3.12. The van der Waals surface area contributed by atoms with Crippen LogP contribution in [0.5, 0.6) is 0 Å². The Bertz CT molecular complexity index is 1110. The van der Waals surface area contributed by atoms with Crippen molar-refractivity contribution in [1.29, 1.82) is 0 Å². The van der Waals surface area contributed by atoms with Crippen LogP contribution in [0.15, 0.2) is 17.1 Å².